The largest absolute Gasteiger partial charge is 0.383 e. The van der Waals surface area contributed by atoms with Gasteiger partial charge in [0.05, 0.1) is 30.7 Å². The summed E-state index contributed by atoms with van der Waals surface area (Å²) in [6.07, 6.45) is 11.1. The van der Waals surface area contributed by atoms with Gasteiger partial charge in [0.25, 0.3) is 0 Å². The van der Waals surface area contributed by atoms with Gasteiger partial charge in [-0.05, 0) is 19.1 Å². The molecular formula is C20H24N6O. The highest BCUT2D eigenvalue weighted by molar-refractivity contribution is 5.77. The number of aryl methyl sites for hydroxylation is 1. The highest BCUT2D eigenvalue weighted by atomic mass is 16.5. The number of nitrogens with zero attached hydrogens (tertiary/aromatic N) is 6. The molecule has 0 radical (unpaired) electrons. The lowest BCUT2D eigenvalue weighted by Crippen LogP contribution is -2.03. The predicted octanol–water partition coefficient (Wildman–Crippen LogP) is 3.64. The summed E-state index contributed by atoms with van der Waals surface area (Å²) in [6, 6.07) is 3.88. The van der Waals surface area contributed by atoms with Gasteiger partial charge in [-0.15, -0.1) is 0 Å². The Balaban J connectivity index is 0.00000102. The number of imidazole rings is 1. The number of hydrogen-bond donors (Lipinski definition) is 0. The third-order valence-corrected chi connectivity index (χ3v) is 4.10. The molecule has 7 heteroatoms. The summed E-state index contributed by atoms with van der Waals surface area (Å²) in [5.74, 6) is 0. The average molecular weight is 364 g/mol. The number of fused-ring (bicyclic) bond motifs is 1. The molecule has 0 fully saturated rings. The Morgan fingerprint density at radius 1 is 1.07 bits per heavy atom. The molecule has 0 amide bonds. The van der Waals surface area contributed by atoms with Crippen LogP contribution in [0.5, 0.6) is 0 Å². The van der Waals surface area contributed by atoms with Crippen molar-refractivity contribution in [1.82, 2.24) is 29.1 Å². The van der Waals surface area contributed by atoms with Crippen molar-refractivity contribution >= 4 is 5.65 Å². The van der Waals surface area contributed by atoms with Crippen LogP contribution in [0, 0.1) is 6.92 Å². The van der Waals surface area contributed by atoms with Crippen molar-refractivity contribution in [2.75, 3.05) is 13.7 Å². The fourth-order valence-electron chi connectivity index (χ4n) is 2.94. The molecule has 0 aliphatic carbocycles. The zero-order valence-electron chi connectivity index (χ0n) is 16.1. The minimum atomic E-state index is 0.628. The maximum absolute atomic E-state index is 5.11. The summed E-state index contributed by atoms with van der Waals surface area (Å²) >= 11 is 0. The van der Waals surface area contributed by atoms with Crippen LogP contribution >= 0.6 is 0 Å². The molecule has 7 nitrogen and oxygen atoms in total. The average Bonchev–Trinajstić information content (AvgIpc) is 3.31. The standard InChI is InChI=1S/C18H18N6O.C2H6/c1-13-17(15-11-21-23(12-15)9-10-25-2)24-8-7-20-16(18(24)22-13)14-3-5-19-6-4-14;1-2/h3-8,11-12H,9-10H2,1-2H3;1-2H3. The smallest absolute Gasteiger partial charge is 0.164 e. The van der Waals surface area contributed by atoms with Gasteiger partial charge in [0.1, 0.15) is 5.69 Å². The number of pyridine rings is 1. The lowest BCUT2D eigenvalue weighted by molar-refractivity contribution is 0.183. The second-order valence-electron chi connectivity index (χ2n) is 5.74. The van der Waals surface area contributed by atoms with E-state index in [1.807, 2.05) is 56.2 Å². The molecule has 0 aliphatic heterocycles. The molecule has 0 aliphatic rings. The Hall–Kier alpha value is -3.06. The third kappa shape index (κ3) is 3.73. The van der Waals surface area contributed by atoms with E-state index >= 15 is 0 Å². The molecule has 0 bridgehead atoms. The van der Waals surface area contributed by atoms with E-state index < -0.39 is 0 Å². The zero-order valence-corrected chi connectivity index (χ0v) is 16.1. The van der Waals surface area contributed by atoms with Gasteiger partial charge in [0.2, 0.25) is 0 Å². The first-order valence-electron chi connectivity index (χ1n) is 9.04. The van der Waals surface area contributed by atoms with E-state index in [-0.39, 0.29) is 0 Å². The van der Waals surface area contributed by atoms with Gasteiger partial charge in [-0.3, -0.25) is 19.1 Å². The van der Waals surface area contributed by atoms with Crippen LogP contribution in [-0.4, -0.2) is 42.8 Å². The van der Waals surface area contributed by atoms with Crippen LogP contribution in [0.4, 0.5) is 0 Å². The summed E-state index contributed by atoms with van der Waals surface area (Å²) in [7, 11) is 1.69. The Bertz CT molecular complexity index is 1010. The molecule has 0 spiro atoms. The van der Waals surface area contributed by atoms with Crippen molar-refractivity contribution in [2.45, 2.75) is 27.3 Å². The van der Waals surface area contributed by atoms with Gasteiger partial charge in [0.15, 0.2) is 5.65 Å². The molecule has 0 unspecified atom stereocenters. The van der Waals surface area contributed by atoms with Crippen LogP contribution in [-0.2, 0) is 11.3 Å². The molecule has 4 heterocycles. The van der Waals surface area contributed by atoms with Gasteiger partial charge in [0, 0.05) is 49.2 Å². The predicted molar refractivity (Wildman–Crippen MR) is 105 cm³/mol. The summed E-state index contributed by atoms with van der Waals surface area (Å²) in [6.45, 7) is 7.35. The summed E-state index contributed by atoms with van der Waals surface area (Å²) in [5.41, 5.74) is 5.64. The topological polar surface area (TPSA) is 70.1 Å². The van der Waals surface area contributed by atoms with Crippen LogP contribution in [0.25, 0.3) is 28.2 Å². The first-order chi connectivity index (χ1) is 13.3. The van der Waals surface area contributed by atoms with Crippen molar-refractivity contribution in [3.05, 3.63) is 55.0 Å². The monoisotopic (exact) mass is 364 g/mol. The van der Waals surface area contributed by atoms with Crippen LogP contribution in [0.3, 0.4) is 0 Å². The number of methoxy groups -OCH3 is 1. The first kappa shape index (κ1) is 18.7. The van der Waals surface area contributed by atoms with Crippen molar-refractivity contribution < 1.29 is 4.74 Å². The first-order valence-corrected chi connectivity index (χ1v) is 9.04. The van der Waals surface area contributed by atoms with Crippen molar-refractivity contribution in [1.29, 1.82) is 0 Å². The molecule has 140 valence electrons. The van der Waals surface area contributed by atoms with Crippen LogP contribution in [0.1, 0.15) is 19.5 Å². The Kier molecular flexibility index (Phi) is 5.93. The molecule has 0 saturated carbocycles. The summed E-state index contributed by atoms with van der Waals surface area (Å²) in [5, 5.41) is 4.41. The Labute approximate surface area is 158 Å². The molecule has 0 aromatic carbocycles. The normalized spacial score (nSPS) is 10.7. The van der Waals surface area contributed by atoms with E-state index in [9.17, 15) is 0 Å². The molecule has 0 N–H and O–H groups in total. The van der Waals surface area contributed by atoms with E-state index in [2.05, 4.69) is 19.5 Å². The third-order valence-electron chi connectivity index (χ3n) is 4.10. The zero-order chi connectivity index (χ0) is 19.2. The molecule has 4 rings (SSSR count). The highest BCUT2D eigenvalue weighted by Gasteiger charge is 2.16. The Morgan fingerprint density at radius 3 is 2.59 bits per heavy atom. The molecule has 4 aromatic heterocycles. The van der Waals surface area contributed by atoms with Gasteiger partial charge in [-0.25, -0.2) is 4.98 Å². The highest BCUT2D eigenvalue weighted by Crippen LogP contribution is 2.28. The van der Waals surface area contributed by atoms with E-state index in [1.54, 1.807) is 25.7 Å². The van der Waals surface area contributed by atoms with Gasteiger partial charge in [-0.1, -0.05) is 13.8 Å². The molecular weight excluding hydrogens is 340 g/mol. The Morgan fingerprint density at radius 2 is 1.85 bits per heavy atom. The number of ether oxygens (including phenoxy) is 1. The molecule has 27 heavy (non-hydrogen) atoms. The summed E-state index contributed by atoms with van der Waals surface area (Å²) in [4.78, 5) is 13.4. The minimum Gasteiger partial charge on any atom is -0.383 e. The van der Waals surface area contributed by atoms with Crippen molar-refractivity contribution in [3.8, 4) is 22.5 Å². The second-order valence-corrected chi connectivity index (χ2v) is 5.74. The van der Waals surface area contributed by atoms with E-state index in [0.29, 0.717) is 6.61 Å². The fourth-order valence-corrected chi connectivity index (χ4v) is 2.94. The fraction of sp³-hybridized carbons (Fsp3) is 0.300. The number of hydrogen-bond acceptors (Lipinski definition) is 5. The lowest BCUT2D eigenvalue weighted by atomic mass is 10.2. The van der Waals surface area contributed by atoms with E-state index in [0.717, 1.165) is 40.4 Å². The van der Waals surface area contributed by atoms with Crippen molar-refractivity contribution in [3.63, 3.8) is 0 Å². The molecule has 4 aromatic rings. The molecule has 0 saturated heterocycles. The van der Waals surface area contributed by atoms with Gasteiger partial charge in [-0.2, -0.15) is 5.10 Å². The maximum atomic E-state index is 5.11. The molecule has 0 atom stereocenters. The lowest BCUT2D eigenvalue weighted by Gasteiger charge is -2.04. The van der Waals surface area contributed by atoms with Gasteiger partial charge >= 0.3 is 0 Å². The van der Waals surface area contributed by atoms with Crippen molar-refractivity contribution in [2.24, 2.45) is 0 Å². The second kappa shape index (κ2) is 8.55. The van der Waals surface area contributed by atoms with Gasteiger partial charge < -0.3 is 4.74 Å². The van der Waals surface area contributed by atoms with Crippen LogP contribution in [0.15, 0.2) is 49.3 Å². The SMILES string of the molecule is CC.COCCn1cc(-c2c(C)nc3c(-c4ccncc4)nccn23)cn1. The quantitative estimate of drug-likeness (QED) is 0.541. The number of aromatic nitrogens is 6. The van der Waals surface area contributed by atoms with Crippen LogP contribution < -0.4 is 0 Å². The van der Waals surface area contributed by atoms with E-state index in [4.69, 9.17) is 9.72 Å². The maximum Gasteiger partial charge on any atom is 0.164 e. The van der Waals surface area contributed by atoms with Crippen LogP contribution in [0.2, 0.25) is 0 Å². The summed E-state index contributed by atoms with van der Waals surface area (Å²) < 4.78 is 9.06. The van der Waals surface area contributed by atoms with E-state index in [1.165, 1.54) is 0 Å². The number of rotatable bonds is 5. The minimum absolute atomic E-state index is 0.628.